The van der Waals surface area contributed by atoms with Gasteiger partial charge in [-0.3, -0.25) is 0 Å². The van der Waals surface area contributed by atoms with Crippen LogP contribution in [0.1, 0.15) is 10.5 Å². The van der Waals surface area contributed by atoms with Gasteiger partial charge < -0.3 is 10.2 Å². The fourth-order valence-corrected chi connectivity index (χ4v) is 0.599. The lowest BCUT2D eigenvalue weighted by molar-refractivity contribution is -0.384. The number of aromatic nitrogens is 1. The molecule has 1 aromatic rings. The van der Waals surface area contributed by atoms with Crippen LogP contribution in [0.3, 0.4) is 0 Å². The third kappa shape index (κ3) is 1.05. The second-order valence-corrected chi connectivity index (χ2v) is 1.74. The van der Waals surface area contributed by atoms with Gasteiger partial charge in [0.15, 0.2) is 11.9 Å². The van der Waals surface area contributed by atoms with Crippen molar-refractivity contribution in [3.63, 3.8) is 0 Å². The second kappa shape index (κ2) is 2.34. The van der Waals surface area contributed by atoms with Gasteiger partial charge in [0.1, 0.15) is 0 Å². The number of hydrogen-bond donors (Lipinski definition) is 2. The molecule has 0 fully saturated rings. The SMILES string of the molecule is O=C(O)c1[nH+]cccc1O. The summed E-state index contributed by atoms with van der Waals surface area (Å²) in [6.45, 7) is 0. The topological polar surface area (TPSA) is 71.7 Å². The van der Waals surface area contributed by atoms with Crippen molar-refractivity contribution < 1.29 is 20.0 Å². The van der Waals surface area contributed by atoms with Crippen LogP contribution in [0.5, 0.6) is 5.75 Å². The number of hydrogen-bond acceptors (Lipinski definition) is 2. The standard InChI is InChI=1S/C6H5NO3/c8-4-2-1-3-7-5(4)6(9)10/h1-3,8H,(H,9,10)/p+1. The molecule has 1 heterocycles. The Balaban J connectivity index is 3.15. The van der Waals surface area contributed by atoms with Gasteiger partial charge in [-0.2, -0.15) is 0 Å². The van der Waals surface area contributed by atoms with E-state index < -0.39 is 5.97 Å². The first-order valence-electron chi connectivity index (χ1n) is 2.65. The van der Waals surface area contributed by atoms with Gasteiger partial charge in [-0.05, 0) is 6.07 Å². The molecule has 0 aromatic carbocycles. The number of aromatic carboxylic acids is 1. The predicted octanol–water partition coefficient (Wildman–Crippen LogP) is -0.0955. The second-order valence-electron chi connectivity index (χ2n) is 1.74. The first kappa shape index (κ1) is 6.54. The fraction of sp³-hybridized carbons (Fsp3) is 0. The van der Waals surface area contributed by atoms with E-state index in [9.17, 15) is 4.79 Å². The molecule has 0 radical (unpaired) electrons. The van der Waals surface area contributed by atoms with Crippen molar-refractivity contribution in [2.45, 2.75) is 0 Å². The van der Waals surface area contributed by atoms with Crippen molar-refractivity contribution in [1.82, 2.24) is 0 Å². The van der Waals surface area contributed by atoms with Crippen molar-refractivity contribution >= 4 is 5.97 Å². The third-order valence-corrected chi connectivity index (χ3v) is 1.05. The predicted molar refractivity (Wildman–Crippen MR) is 31.6 cm³/mol. The molecule has 1 rings (SSSR count). The summed E-state index contributed by atoms with van der Waals surface area (Å²) in [6.07, 6.45) is 1.43. The molecule has 4 nitrogen and oxygen atoms in total. The van der Waals surface area contributed by atoms with E-state index >= 15 is 0 Å². The van der Waals surface area contributed by atoms with Gasteiger partial charge in [0.2, 0.25) is 0 Å². The quantitative estimate of drug-likeness (QED) is 0.572. The van der Waals surface area contributed by atoms with E-state index in [1.54, 1.807) is 0 Å². The van der Waals surface area contributed by atoms with Crippen molar-refractivity contribution in [1.29, 1.82) is 0 Å². The van der Waals surface area contributed by atoms with Crippen LogP contribution >= 0.6 is 0 Å². The van der Waals surface area contributed by atoms with Gasteiger partial charge in [0.05, 0.1) is 0 Å². The van der Waals surface area contributed by atoms with Gasteiger partial charge in [-0.1, -0.05) is 0 Å². The Kier molecular flexibility index (Phi) is 1.53. The maximum Gasteiger partial charge on any atom is 0.405 e. The number of aromatic hydroxyl groups is 1. The van der Waals surface area contributed by atoms with Crippen molar-refractivity contribution in [2.75, 3.05) is 0 Å². The number of carboxylic acids is 1. The summed E-state index contributed by atoms with van der Waals surface area (Å²) in [4.78, 5) is 12.6. The van der Waals surface area contributed by atoms with Crippen LogP contribution in [0.15, 0.2) is 18.3 Å². The molecule has 3 N–H and O–H groups in total. The zero-order chi connectivity index (χ0) is 7.56. The smallest absolute Gasteiger partial charge is 0.405 e. The molecule has 52 valence electrons. The minimum atomic E-state index is -1.17. The van der Waals surface area contributed by atoms with Gasteiger partial charge in [-0.15, -0.1) is 0 Å². The monoisotopic (exact) mass is 140 g/mol. The molecule has 0 amide bonds. The zero-order valence-corrected chi connectivity index (χ0v) is 5.03. The molecular formula is C6H6NO3+. The van der Waals surface area contributed by atoms with Crippen LogP contribution in [-0.2, 0) is 0 Å². The fourth-order valence-electron chi connectivity index (χ4n) is 0.599. The number of pyridine rings is 1. The van der Waals surface area contributed by atoms with E-state index in [2.05, 4.69) is 4.98 Å². The molecule has 0 aliphatic carbocycles. The van der Waals surface area contributed by atoms with Crippen molar-refractivity contribution in [3.8, 4) is 5.75 Å². The average molecular weight is 140 g/mol. The summed E-state index contributed by atoms with van der Waals surface area (Å²) in [5.41, 5.74) is -0.192. The summed E-state index contributed by atoms with van der Waals surface area (Å²) < 4.78 is 0. The number of carboxylic acid groups (broad SMARTS) is 1. The normalized spacial score (nSPS) is 9.20. The Morgan fingerprint density at radius 3 is 2.70 bits per heavy atom. The first-order chi connectivity index (χ1) is 4.72. The number of aromatic amines is 1. The molecule has 1 aromatic heterocycles. The summed E-state index contributed by atoms with van der Waals surface area (Å²) >= 11 is 0. The highest BCUT2D eigenvalue weighted by Gasteiger charge is 2.15. The Morgan fingerprint density at radius 1 is 1.60 bits per heavy atom. The first-order valence-corrected chi connectivity index (χ1v) is 2.65. The molecular weight excluding hydrogens is 134 g/mol. The molecule has 0 aliphatic heterocycles. The molecule has 0 unspecified atom stereocenters. The van der Waals surface area contributed by atoms with Crippen LogP contribution in [0, 0.1) is 0 Å². The lowest BCUT2D eigenvalue weighted by Crippen LogP contribution is -2.15. The lowest BCUT2D eigenvalue weighted by Gasteiger charge is -1.87. The van der Waals surface area contributed by atoms with Crippen LogP contribution in [0.2, 0.25) is 0 Å². The molecule has 0 saturated heterocycles. The number of rotatable bonds is 1. The number of nitrogens with one attached hydrogen (secondary N) is 1. The molecule has 0 spiro atoms. The van der Waals surface area contributed by atoms with E-state index in [1.165, 1.54) is 18.3 Å². The van der Waals surface area contributed by atoms with Crippen molar-refractivity contribution in [2.24, 2.45) is 0 Å². The highest BCUT2D eigenvalue weighted by molar-refractivity contribution is 5.86. The van der Waals surface area contributed by atoms with Crippen LogP contribution in [-0.4, -0.2) is 16.2 Å². The maximum atomic E-state index is 10.2. The molecule has 0 saturated carbocycles. The maximum absolute atomic E-state index is 10.2. The van der Waals surface area contributed by atoms with Crippen LogP contribution < -0.4 is 4.98 Å². The molecule has 4 heteroatoms. The zero-order valence-electron chi connectivity index (χ0n) is 5.03. The van der Waals surface area contributed by atoms with E-state index in [-0.39, 0.29) is 11.4 Å². The van der Waals surface area contributed by atoms with E-state index in [0.717, 1.165) is 0 Å². The lowest BCUT2D eigenvalue weighted by atomic mass is 10.3. The van der Waals surface area contributed by atoms with Crippen LogP contribution in [0.4, 0.5) is 0 Å². The number of H-pyrrole nitrogens is 1. The minimum absolute atomic E-state index is 0.192. The van der Waals surface area contributed by atoms with E-state index in [0.29, 0.717) is 0 Å². The molecule has 10 heavy (non-hydrogen) atoms. The minimum Gasteiger partial charge on any atom is -0.502 e. The van der Waals surface area contributed by atoms with Gasteiger partial charge in [-0.25, -0.2) is 9.78 Å². The average Bonchev–Trinajstić information content (AvgIpc) is 1.88. The summed E-state index contributed by atoms with van der Waals surface area (Å²) in [7, 11) is 0. The summed E-state index contributed by atoms with van der Waals surface area (Å²) in [5, 5.41) is 17.2. The largest absolute Gasteiger partial charge is 0.502 e. The van der Waals surface area contributed by atoms with Crippen molar-refractivity contribution in [3.05, 3.63) is 24.0 Å². The Bertz CT molecular complexity index is 259. The van der Waals surface area contributed by atoms with Crippen LogP contribution in [0.25, 0.3) is 0 Å². The number of carbonyl (C=O) groups is 1. The molecule has 0 aliphatic rings. The Hall–Kier alpha value is -1.58. The molecule has 0 atom stereocenters. The van der Waals surface area contributed by atoms with E-state index in [4.69, 9.17) is 10.2 Å². The van der Waals surface area contributed by atoms with Gasteiger partial charge >= 0.3 is 11.7 Å². The Morgan fingerprint density at radius 2 is 2.30 bits per heavy atom. The Labute approximate surface area is 56.8 Å². The summed E-state index contributed by atoms with van der Waals surface area (Å²) in [5.74, 6) is -1.42. The highest BCUT2D eigenvalue weighted by atomic mass is 16.4. The summed E-state index contributed by atoms with van der Waals surface area (Å²) in [6, 6.07) is 2.82. The highest BCUT2D eigenvalue weighted by Crippen LogP contribution is 2.08. The molecule has 0 bridgehead atoms. The van der Waals surface area contributed by atoms with E-state index in [1.807, 2.05) is 0 Å². The third-order valence-electron chi connectivity index (χ3n) is 1.05. The van der Waals surface area contributed by atoms with Gasteiger partial charge in [0.25, 0.3) is 0 Å². The van der Waals surface area contributed by atoms with Gasteiger partial charge in [0, 0.05) is 6.07 Å².